The van der Waals surface area contributed by atoms with Gasteiger partial charge in [-0.15, -0.1) is 13.2 Å². The van der Waals surface area contributed by atoms with Crippen LogP contribution in [0.1, 0.15) is 10.4 Å². The molecule has 116 valence electrons. The third-order valence-corrected chi connectivity index (χ3v) is 2.64. The number of benzene rings is 1. The number of hydrogen-bond donors (Lipinski definition) is 0. The van der Waals surface area contributed by atoms with Gasteiger partial charge in [0, 0.05) is 5.56 Å². The van der Waals surface area contributed by atoms with Crippen LogP contribution in [-0.4, -0.2) is 24.4 Å². The SMILES string of the molecule is COC(=O)c1ccc(-c2ccccc2OC(F)(F)F)nc1F. The maximum absolute atomic E-state index is 13.8. The Labute approximate surface area is 122 Å². The number of carbonyl (C=O) groups excluding carboxylic acids is 1. The summed E-state index contributed by atoms with van der Waals surface area (Å²) >= 11 is 0. The van der Waals surface area contributed by atoms with Crippen LogP contribution < -0.4 is 4.74 Å². The largest absolute Gasteiger partial charge is 0.573 e. The number of rotatable bonds is 3. The van der Waals surface area contributed by atoms with E-state index in [1.54, 1.807) is 0 Å². The van der Waals surface area contributed by atoms with Gasteiger partial charge in [-0.05, 0) is 24.3 Å². The van der Waals surface area contributed by atoms with Crippen molar-refractivity contribution in [2.45, 2.75) is 6.36 Å². The summed E-state index contributed by atoms with van der Waals surface area (Å²) in [5.74, 6) is -2.60. The predicted octanol–water partition coefficient (Wildman–Crippen LogP) is 3.57. The molecule has 22 heavy (non-hydrogen) atoms. The Morgan fingerprint density at radius 2 is 1.82 bits per heavy atom. The Balaban J connectivity index is 2.45. The van der Waals surface area contributed by atoms with Gasteiger partial charge in [0.05, 0.1) is 12.8 Å². The zero-order valence-corrected chi connectivity index (χ0v) is 11.1. The van der Waals surface area contributed by atoms with E-state index in [0.717, 1.165) is 19.2 Å². The normalized spacial score (nSPS) is 11.1. The van der Waals surface area contributed by atoms with Crippen molar-refractivity contribution in [2.24, 2.45) is 0 Å². The maximum Gasteiger partial charge on any atom is 0.573 e. The van der Waals surface area contributed by atoms with Crippen molar-refractivity contribution in [3.8, 4) is 17.0 Å². The number of hydrogen-bond acceptors (Lipinski definition) is 4. The van der Waals surface area contributed by atoms with Crippen LogP contribution in [0.2, 0.25) is 0 Å². The minimum absolute atomic E-state index is 0.0601. The zero-order valence-electron chi connectivity index (χ0n) is 11.1. The molecule has 1 heterocycles. The molecule has 0 atom stereocenters. The van der Waals surface area contributed by atoms with Crippen LogP contribution in [0.3, 0.4) is 0 Å². The standard InChI is InChI=1S/C14H9F4NO3/c1-21-13(20)9-6-7-10(19-12(9)15)8-4-2-3-5-11(8)22-14(16,17)18/h2-7H,1H3. The Morgan fingerprint density at radius 3 is 2.41 bits per heavy atom. The van der Waals surface area contributed by atoms with Gasteiger partial charge >= 0.3 is 12.3 Å². The predicted molar refractivity (Wildman–Crippen MR) is 67.7 cm³/mol. The van der Waals surface area contributed by atoms with Crippen molar-refractivity contribution in [1.82, 2.24) is 4.98 Å². The Hall–Kier alpha value is -2.64. The lowest BCUT2D eigenvalue weighted by atomic mass is 10.1. The molecule has 0 bridgehead atoms. The average Bonchev–Trinajstić information content (AvgIpc) is 2.45. The molecule has 0 amide bonds. The minimum Gasteiger partial charge on any atom is -0.465 e. The molecule has 0 unspecified atom stereocenters. The molecular weight excluding hydrogens is 306 g/mol. The van der Waals surface area contributed by atoms with Crippen molar-refractivity contribution < 1.29 is 31.8 Å². The van der Waals surface area contributed by atoms with Crippen molar-refractivity contribution in [1.29, 1.82) is 0 Å². The van der Waals surface area contributed by atoms with Crippen LogP contribution in [-0.2, 0) is 4.74 Å². The van der Waals surface area contributed by atoms with Crippen LogP contribution in [0, 0.1) is 5.95 Å². The molecule has 4 nitrogen and oxygen atoms in total. The molecule has 1 aromatic heterocycles. The van der Waals surface area contributed by atoms with E-state index in [-0.39, 0.29) is 11.3 Å². The average molecular weight is 315 g/mol. The number of nitrogens with zero attached hydrogens (tertiary/aromatic N) is 1. The van der Waals surface area contributed by atoms with E-state index in [9.17, 15) is 22.4 Å². The number of halogens is 4. The lowest BCUT2D eigenvalue weighted by Gasteiger charge is -2.13. The molecule has 2 aromatic rings. The van der Waals surface area contributed by atoms with Gasteiger partial charge in [0.1, 0.15) is 11.3 Å². The fourth-order valence-corrected chi connectivity index (χ4v) is 1.74. The van der Waals surface area contributed by atoms with Crippen LogP contribution in [0.4, 0.5) is 17.6 Å². The van der Waals surface area contributed by atoms with Gasteiger partial charge < -0.3 is 9.47 Å². The van der Waals surface area contributed by atoms with E-state index in [1.807, 2.05) is 0 Å². The molecule has 0 N–H and O–H groups in total. The first-order valence-corrected chi connectivity index (χ1v) is 5.92. The Kier molecular flexibility index (Phi) is 4.30. The highest BCUT2D eigenvalue weighted by atomic mass is 19.4. The van der Waals surface area contributed by atoms with Gasteiger partial charge in [0.15, 0.2) is 0 Å². The number of aromatic nitrogens is 1. The number of alkyl halides is 3. The van der Waals surface area contributed by atoms with E-state index in [2.05, 4.69) is 14.5 Å². The number of ether oxygens (including phenoxy) is 2. The first kappa shape index (κ1) is 15.7. The van der Waals surface area contributed by atoms with Crippen LogP contribution in [0.15, 0.2) is 36.4 Å². The van der Waals surface area contributed by atoms with E-state index in [1.165, 1.54) is 24.3 Å². The smallest absolute Gasteiger partial charge is 0.465 e. The first-order valence-electron chi connectivity index (χ1n) is 5.92. The van der Waals surface area contributed by atoms with E-state index in [4.69, 9.17) is 0 Å². The van der Waals surface area contributed by atoms with Gasteiger partial charge in [-0.25, -0.2) is 9.78 Å². The summed E-state index contributed by atoms with van der Waals surface area (Å²) in [6, 6.07) is 7.44. The molecule has 0 aliphatic carbocycles. The molecule has 0 aliphatic heterocycles. The molecule has 8 heteroatoms. The Morgan fingerprint density at radius 1 is 1.14 bits per heavy atom. The molecule has 1 aromatic carbocycles. The van der Waals surface area contributed by atoms with Crippen LogP contribution >= 0.6 is 0 Å². The number of carbonyl (C=O) groups is 1. The summed E-state index contributed by atoms with van der Waals surface area (Å²) in [5.41, 5.74) is -0.583. The lowest BCUT2D eigenvalue weighted by Crippen LogP contribution is -2.17. The second-order valence-corrected chi connectivity index (χ2v) is 4.07. The second-order valence-electron chi connectivity index (χ2n) is 4.07. The summed E-state index contributed by atoms with van der Waals surface area (Å²) < 4.78 is 59.1. The third kappa shape index (κ3) is 3.51. The number of esters is 1. The van der Waals surface area contributed by atoms with E-state index in [0.29, 0.717) is 0 Å². The molecule has 2 rings (SSSR count). The topological polar surface area (TPSA) is 48.4 Å². The second kappa shape index (κ2) is 6.00. The summed E-state index contributed by atoms with van der Waals surface area (Å²) in [4.78, 5) is 14.7. The molecule has 0 saturated carbocycles. The van der Waals surface area contributed by atoms with Crippen molar-refractivity contribution in [2.75, 3.05) is 7.11 Å². The van der Waals surface area contributed by atoms with Crippen molar-refractivity contribution in [3.63, 3.8) is 0 Å². The third-order valence-electron chi connectivity index (χ3n) is 2.64. The number of pyridine rings is 1. The van der Waals surface area contributed by atoms with E-state index < -0.39 is 29.6 Å². The molecular formula is C14H9F4NO3. The number of para-hydroxylation sites is 1. The summed E-state index contributed by atoms with van der Waals surface area (Å²) in [6.45, 7) is 0. The quantitative estimate of drug-likeness (QED) is 0.493. The van der Waals surface area contributed by atoms with Crippen molar-refractivity contribution in [3.05, 3.63) is 47.9 Å². The molecule has 0 fully saturated rings. The fraction of sp³-hybridized carbons (Fsp3) is 0.143. The minimum atomic E-state index is -4.89. The summed E-state index contributed by atoms with van der Waals surface area (Å²) in [5, 5.41) is 0. The summed E-state index contributed by atoms with van der Waals surface area (Å²) in [6.07, 6.45) is -4.89. The highest BCUT2D eigenvalue weighted by Crippen LogP contribution is 2.33. The highest BCUT2D eigenvalue weighted by molar-refractivity contribution is 5.89. The van der Waals surface area contributed by atoms with Gasteiger partial charge in [-0.3, -0.25) is 0 Å². The monoisotopic (exact) mass is 315 g/mol. The fourth-order valence-electron chi connectivity index (χ4n) is 1.74. The molecule has 0 radical (unpaired) electrons. The van der Waals surface area contributed by atoms with E-state index >= 15 is 0 Å². The van der Waals surface area contributed by atoms with Crippen molar-refractivity contribution >= 4 is 5.97 Å². The van der Waals surface area contributed by atoms with Gasteiger partial charge in [-0.1, -0.05) is 12.1 Å². The first-order chi connectivity index (χ1) is 10.3. The Bertz CT molecular complexity index is 701. The highest BCUT2D eigenvalue weighted by Gasteiger charge is 2.32. The van der Waals surface area contributed by atoms with Gasteiger partial charge in [0.2, 0.25) is 5.95 Å². The molecule has 0 aliphatic rings. The number of methoxy groups -OCH3 is 1. The summed E-state index contributed by atoms with van der Waals surface area (Å²) in [7, 11) is 1.07. The van der Waals surface area contributed by atoms with Gasteiger partial charge in [-0.2, -0.15) is 4.39 Å². The van der Waals surface area contributed by atoms with Gasteiger partial charge in [0.25, 0.3) is 0 Å². The van der Waals surface area contributed by atoms with Crippen LogP contribution in [0.5, 0.6) is 5.75 Å². The lowest BCUT2D eigenvalue weighted by molar-refractivity contribution is -0.274. The zero-order chi connectivity index (χ0) is 16.3. The van der Waals surface area contributed by atoms with Crippen LogP contribution in [0.25, 0.3) is 11.3 Å². The maximum atomic E-state index is 13.8. The molecule has 0 saturated heterocycles. The molecule has 0 spiro atoms.